The van der Waals surface area contributed by atoms with Crippen LogP contribution in [0.2, 0.25) is 0 Å². The molecule has 3 N–H and O–H groups in total. The SMILES string of the molecule is CC1C(=O)N(CCC(NC(=O)OCc2ccccc2)C(=O)OCc2ccccc2)C(=O)N1c1ccc(CNc2nc3ccccc3[nH]2)cc1. The molecule has 1 fully saturated rings. The van der Waals surface area contributed by atoms with Crippen LogP contribution in [0.4, 0.5) is 21.2 Å². The van der Waals surface area contributed by atoms with E-state index in [2.05, 4.69) is 20.6 Å². The van der Waals surface area contributed by atoms with Gasteiger partial charge in [0.2, 0.25) is 5.95 Å². The molecule has 0 radical (unpaired) electrons. The minimum absolute atomic E-state index is 0.00276. The van der Waals surface area contributed by atoms with Crippen LogP contribution in [-0.4, -0.2) is 57.5 Å². The van der Waals surface area contributed by atoms with Gasteiger partial charge in [-0.25, -0.2) is 19.4 Å². The number of imide groups is 1. The van der Waals surface area contributed by atoms with E-state index in [1.165, 1.54) is 4.90 Å². The second-order valence-electron chi connectivity index (χ2n) is 11.6. The van der Waals surface area contributed by atoms with Gasteiger partial charge in [0.15, 0.2) is 0 Å². The van der Waals surface area contributed by atoms with Gasteiger partial charge < -0.3 is 25.1 Å². The maximum Gasteiger partial charge on any atom is 0.408 e. The first-order valence-electron chi connectivity index (χ1n) is 16.0. The van der Waals surface area contributed by atoms with Crippen molar-refractivity contribution in [1.29, 1.82) is 0 Å². The zero-order chi connectivity index (χ0) is 34.2. The van der Waals surface area contributed by atoms with Crippen LogP contribution in [0.5, 0.6) is 0 Å². The van der Waals surface area contributed by atoms with Crippen LogP contribution in [0.3, 0.4) is 0 Å². The number of esters is 1. The molecule has 250 valence electrons. The number of ether oxygens (including phenoxy) is 2. The molecule has 1 aliphatic rings. The quantitative estimate of drug-likeness (QED) is 0.107. The molecule has 1 aromatic heterocycles. The van der Waals surface area contributed by atoms with Crippen molar-refractivity contribution < 1.29 is 28.7 Å². The summed E-state index contributed by atoms with van der Waals surface area (Å²) in [5.74, 6) is -0.476. The zero-order valence-corrected chi connectivity index (χ0v) is 26.9. The normalized spacial score (nSPS) is 14.9. The Bertz CT molecular complexity index is 1880. The molecule has 1 aliphatic heterocycles. The fourth-order valence-corrected chi connectivity index (χ4v) is 5.51. The molecule has 49 heavy (non-hydrogen) atoms. The Morgan fingerprint density at radius 2 is 1.45 bits per heavy atom. The summed E-state index contributed by atoms with van der Waals surface area (Å²) in [5, 5.41) is 5.83. The van der Waals surface area contributed by atoms with E-state index >= 15 is 0 Å². The molecule has 12 heteroatoms. The van der Waals surface area contributed by atoms with Gasteiger partial charge in [-0.15, -0.1) is 0 Å². The molecule has 0 spiro atoms. The van der Waals surface area contributed by atoms with Gasteiger partial charge in [-0.2, -0.15) is 0 Å². The minimum Gasteiger partial charge on any atom is -0.459 e. The molecular weight excluding hydrogens is 624 g/mol. The molecule has 2 atom stereocenters. The highest BCUT2D eigenvalue weighted by molar-refractivity contribution is 6.14. The number of anilines is 2. The number of amides is 4. The summed E-state index contributed by atoms with van der Waals surface area (Å²) in [6, 6.07) is 30.9. The predicted octanol–water partition coefficient (Wildman–Crippen LogP) is 5.76. The van der Waals surface area contributed by atoms with Crippen molar-refractivity contribution in [3.63, 3.8) is 0 Å². The lowest BCUT2D eigenvalue weighted by molar-refractivity contribution is -0.148. The molecule has 0 bridgehead atoms. The number of hydrogen-bond acceptors (Lipinski definition) is 8. The molecule has 0 aliphatic carbocycles. The number of rotatable bonds is 13. The van der Waals surface area contributed by atoms with Gasteiger partial charge in [0, 0.05) is 18.8 Å². The molecule has 4 aromatic carbocycles. The molecule has 4 amide bonds. The van der Waals surface area contributed by atoms with Crippen LogP contribution >= 0.6 is 0 Å². The van der Waals surface area contributed by atoms with Crippen LogP contribution in [0, 0.1) is 0 Å². The number of alkyl carbamates (subject to hydrolysis) is 1. The molecule has 5 aromatic rings. The number of aromatic amines is 1. The molecule has 2 unspecified atom stereocenters. The number of hydrogen-bond donors (Lipinski definition) is 3. The number of nitrogens with zero attached hydrogens (tertiary/aromatic N) is 3. The van der Waals surface area contributed by atoms with Gasteiger partial charge in [0.05, 0.1) is 11.0 Å². The Hall–Kier alpha value is -6.17. The first kappa shape index (κ1) is 32.8. The van der Waals surface area contributed by atoms with Crippen molar-refractivity contribution in [2.45, 2.75) is 45.2 Å². The number of nitrogens with one attached hydrogen (secondary N) is 3. The second kappa shape index (κ2) is 15.2. The average Bonchev–Trinajstić information content (AvgIpc) is 3.65. The highest BCUT2D eigenvalue weighted by atomic mass is 16.6. The van der Waals surface area contributed by atoms with E-state index < -0.39 is 36.1 Å². The summed E-state index contributed by atoms with van der Waals surface area (Å²) in [7, 11) is 0. The number of carbonyl (C=O) groups excluding carboxylic acids is 4. The van der Waals surface area contributed by atoms with E-state index in [9.17, 15) is 19.2 Å². The van der Waals surface area contributed by atoms with Gasteiger partial charge >= 0.3 is 18.1 Å². The molecular formula is C37H36N6O6. The van der Waals surface area contributed by atoms with Crippen molar-refractivity contribution in [2.75, 3.05) is 16.8 Å². The van der Waals surface area contributed by atoms with Gasteiger partial charge in [-0.05, 0) is 54.3 Å². The number of urea groups is 1. The van der Waals surface area contributed by atoms with Crippen LogP contribution in [0.25, 0.3) is 11.0 Å². The average molecular weight is 661 g/mol. The minimum atomic E-state index is -1.17. The first-order chi connectivity index (χ1) is 23.9. The molecule has 0 saturated carbocycles. The summed E-state index contributed by atoms with van der Waals surface area (Å²) in [6.45, 7) is 2.03. The molecule has 2 heterocycles. The Morgan fingerprint density at radius 1 is 0.816 bits per heavy atom. The van der Waals surface area contributed by atoms with Gasteiger partial charge in [-0.3, -0.25) is 14.6 Å². The standard InChI is InChI=1S/C37H36N6O6/c1-25-33(44)42(37(47)43(25)29-18-16-26(17-19-29)22-38-35-39-30-14-8-9-15-31(30)40-35)21-20-32(34(45)48-23-27-10-4-2-5-11-27)41-36(46)49-24-28-12-6-3-7-13-28/h2-19,25,32H,20-24H2,1H3,(H,41,46)(H2,38,39,40). The topological polar surface area (TPSA) is 146 Å². The fraction of sp³-hybridized carbons (Fsp3) is 0.216. The predicted molar refractivity (Wildman–Crippen MR) is 183 cm³/mol. The van der Waals surface area contributed by atoms with Gasteiger partial charge in [0.25, 0.3) is 5.91 Å². The fourth-order valence-electron chi connectivity index (χ4n) is 5.51. The van der Waals surface area contributed by atoms with Crippen LogP contribution < -0.4 is 15.5 Å². The lowest BCUT2D eigenvalue weighted by Gasteiger charge is -2.21. The van der Waals surface area contributed by atoms with Gasteiger partial charge in [0.1, 0.15) is 25.3 Å². The number of benzene rings is 4. The van der Waals surface area contributed by atoms with Crippen molar-refractivity contribution in [1.82, 2.24) is 20.2 Å². The molecule has 1 saturated heterocycles. The summed E-state index contributed by atoms with van der Waals surface area (Å²) >= 11 is 0. The summed E-state index contributed by atoms with van der Waals surface area (Å²) in [5.41, 5.74) is 4.86. The van der Waals surface area contributed by atoms with Crippen molar-refractivity contribution in [3.05, 3.63) is 126 Å². The summed E-state index contributed by atoms with van der Waals surface area (Å²) in [4.78, 5) is 63.0. The van der Waals surface area contributed by atoms with Crippen molar-refractivity contribution >= 4 is 46.7 Å². The summed E-state index contributed by atoms with van der Waals surface area (Å²) in [6.07, 6.45) is -0.895. The lowest BCUT2D eigenvalue weighted by atomic mass is 10.1. The van der Waals surface area contributed by atoms with Crippen molar-refractivity contribution in [3.8, 4) is 0 Å². The maximum atomic E-state index is 13.6. The van der Waals surface area contributed by atoms with Crippen LogP contribution in [0.15, 0.2) is 109 Å². The molecule has 6 rings (SSSR count). The number of carbonyl (C=O) groups is 4. The Labute approximate surface area is 283 Å². The first-order valence-corrected chi connectivity index (χ1v) is 16.0. The highest BCUT2D eigenvalue weighted by Gasteiger charge is 2.43. The third kappa shape index (κ3) is 8.04. The maximum absolute atomic E-state index is 13.6. The summed E-state index contributed by atoms with van der Waals surface area (Å²) < 4.78 is 10.8. The lowest BCUT2D eigenvalue weighted by Crippen LogP contribution is -2.45. The Balaban J connectivity index is 1.08. The van der Waals surface area contributed by atoms with E-state index in [0.29, 0.717) is 18.2 Å². The largest absolute Gasteiger partial charge is 0.459 e. The number of fused-ring (bicyclic) bond motifs is 1. The number of para-hydroxylation sites is 2. The molecule has 12 nitrogen and oxygen atoms in total. The highest BCUT2D eigenvalue weighted by Crippen LogP contribution is 2.27. The Kier molecular flexibility index (Phi) is 10.1. The van der Waals surface area contributed by atoms with Crippen molar-refractivity contribution in [2.24, 2.45) is 0 Å². The van der Waals surface area contributed by atoms with E-state index in [0.717, 1.165) is 32.6 Å². The number of aromatic nitrogens is 2. The zero-order valence-electron chi connectivity index (χ0n) is 26.9. The van der Waals surface area contributed by atoms with Gasteiger partial charge in [-0.1, -0.05) is 84.9 Å². The Morgan fingerprint density at radius 3 is 2.12 bits per heavy atom. The van der Waals surface area contributed by atoms with E-state index in [4.69, 9.17) is 9.47 Å². The van der Waals surface area contributed by atoms with E-state index in [1.54, 1.807) is 19.1 Å². The van der Waals surface area contributed by atoms with E-state index in [-0.39, 0.29) is 26.2 Å². The van der Waals surface area contributed by atoms with Crippen LogP contribution in [-0.2, 0) is 38.8 Å². The number of imidazole rings is 1. The van der Waals surface area contributed by atoms with E-state index in [1.807, 2.05) is 97.1 Å². The second-order valence-corrected chi connectivity index (χ2v) is 11.6. The monoisotopic (exact) mass is 660 g/mol. The smallest absolute Gasteiger partial charge is 0.408 e. The van der Waals surface area contributed by atoms with Crippen LogP contribution in [0.1, 0.15) is 30.0 Å². The third-order valence-corrected chi connectivity index (χ3v) is 8.17. The number of H-pyrrole nitrogens is 1. The third-order valence-electron chi connectivity index (χ3n) is 8.17.